The number of nitrogens with zero attached hydrogens (tertiary/aromatic N) is 1. The summed E-state index contributed by atoms with van der Waals surface area (Å²) in [5.74, 6) is -1.76. The Bertz CT molecular complexity index is 1540. The van der Waals surface area contributed by atoms with E-state index in [0.29, 0.717) is 28.5 Å². The molecule has 0 saturated heterocycles. The maximum Gasteiger partial charge on any atom is 0.343 e. The van der Waals surface area contributed by atoms with Crippen LogP contribution in [0.25, 0.3) is 10.8 Å². The second-order valence-electron chi connectivity index (χ2n) is 7.82. The molecule has 0 aliphatic heterocycles. The molecule has 2 amide bonds. The Hall–Kier alpha value is -4.40. The van der Waals surface area contributed by atoms with Gasteiger partial charge in [0.05, 0.1) is 29.1 Å². The van der Waals surface area contributed by atoms with Gasteiger partial charge in [-0.05, 0) is 66.2 Å². The van der Waals surface area contributed by atoms with E-state index in [9.17, 15) is 14.4 Å². The van der Waals surface area contributed by atoms with Crippen molar-refractivity contribution in [3.63, 3.8) is 0 Å². The van der Waals surface area contributed by atoms with Crippen LogP contribution in [-0.2, 0) is 9.59 Å². The van der Waals surface area contributed by atoms with E-state index in [-0.39, 0.29) is 16.5 Å². The Balaban J connectivity index is 1.52. The Kier molecular flexibility index (Phi) is 8.58. The van der Waals surface area contributed by atoms with Gasteiger partial charge in [0.15, 0.2) is 0 Å². The second-order valence-corrected chi connectivity index (χ2v) is 8.67. The largest absolute Gasteiger partial charge is 0.494 e. The lowest BCUT2D eigenvalue weighted by atomic mass is 10.0. The first-order valence-corrected chi connectivity index (χ1v) is 12.2. The van der Waals surface area contributed by atoms with Gasteiger partial charge >= 0.3 is 17.8 Å². The highest BCUT2D eigenvalue weighted by molar-refractivity contribution is 6.42. The highest BCUT2D eigenvalue weighted by atomic mass is 35.5. The molecule has 4 rings (SSSR count). The molecule has 10 heteroatoms. The zero-order valence-corrected chi connectivity index (χ0v) is 21.5. The highest BCUT2D eigenvalue weighted by Crippen LogP contribution is 2.28. The molecule has 0 aromatic heterocycles. The molecular weight excluding hydrogens is 529 g/mol. The van der Waals surface area contributed by atoms with E-state index in [2.05, 4.69) is 15.8 Å². The Morgan fingerprint density at radius 1 is 0.921 bits per heavy atom. The number of rotatable bonds is 7. The lowest BCUT2D eigenvalue weighted by Gasteiger charge is -2.11. The van der Waals surface area contributed by atoms with Crippen LogP contribution in [0, 0.1) is 0 Å². The van der Waals surface area contributed by atoms with Crippen molar-refractivity contribution < 1.29 is 23.9 Å². The maximum atomic E-state index is 12.8. The quantitative estimate of drug-likeness (QED) is 0.0987. The molecule has 0 fully saturated rings. The van der Waals surface area contributed by atoms with Gasteiger partial charge in [0, 0.05) is 10.6 Å². The highest BCUT2D eigenvalue weighted by Gasteiger charge is 2.16. The topological polar surface area (TPSA) is 106 Å². The molecule has 0 aliphatic rings. The number of nitrogens with one attached hydrogen (secondary N) is 2. The Morgan fingerprint density at radius 2 is 1.68 bits per heavy atom. The zero-order chi connectivity index (χ0) is 27.1. The number of amides is 2. The molecule has 4 aromatic carbocycles. The molecule has 4 aromatic rings. The molecule has 0 spiro atoms. The third-order valence-corrected chi connectivity index (χ3v) is 5.84. The molecule has 0 aliphatic carbocycles. The van der Waals surface area contributed by atoms with Crippen molar-refractivity contribution in [2.75, 3.05) is 11.9 Å². The molecule has 2 N–H and O–H groups in total. The van der Waals surface area contributed by atoms with Gasteiger partial charge in [-0.1, -0.05) is 53.5 Å². The third kappa shape index (κ3) is 6.47. The average molecular weight is 550 g/mol. The van der Waals surface area contributed by atoms with E-state index in [4.69, 9.17) is 32.7 Å². The average Bonchev–Trinajstić information content (AvgIpc) is 2.92. The van der Waals surface area contributed by atoms with Crippen molar-refractivity contribution in [2.45, 2.75) is 6.92 Å². The van der Waals surface area contributed by atoms with Gasteiger partial charge < -0.3 is 14.8 Å². The van der Waals surface area contributed by atoms with E-state index in [1.807, 2.05) is 31.2 Å². The lowest BCUT2D eigenvalue weighted by molar-refractivity contribution is -0.136. The molecule has 192 valence electrons. The normalized spacial score (nSPS) is 10.8. The predicted molar refractivity (Wildman–Crippen MR) is 147 cm³/mol. The summed E-state index contributed by atoms with van der Waals surface area (Å²) in [7, 11) is 0. The number of carbonyl (C=O) groups excluding carboxylic acids is 3. The van der Waals surface area contributed by atoms with Crippen molar-refractivity contribution in [3.8, 4) is 11.5 Å². The first kappa shape index (κ1) is 26.7. The molecule has 8 nitrogen and oxygen atoms in total. The molecule has 0 heterocycles. The number of anilines is 1. The summed E-state index contributed by atoms with van der Waals surface area (Å²) in [4.78, 5) is 37.4. The molecule has 0 atom stereocenters. The van der Waals surface area contributed by atoms with E-state index >= 15 is 0 Å². The summed E-state index contributed by atoms with van der Waals surface area (Å²) < 4.78 is 11.1. The van der Waals surface area contributed by atoms with Crippen LogP contribution in [0.5, 0.6) is 11.5 Å². The van der Waals surface area contributed by atoms with Crippen molar-refractivity contribution in [1.29, 1.82) is 0 Å². The SMILES string of the molecule is CCOc1ccc(C(=O)Oc2ccc3ccccc3c2C=NNC(=O)C(=O)Nc2cc(Cl)ccc2Cl)cc1. The predicted octanol–water partition coefficient (Wildman–Crippen LogP) is 5.85. The number of hydrogen-bond acceptors (Lipinski definition) is 6. The van der Waals surface area contributed by atoms with Gasteiger partial charge in [0.1, 0.15) is 11.5 Å². The van der Waals surface area contributed by atoms with Crippen LogP contribution in [0.4, 0.5) is 5.69 Å². The number of fused-ring (bicyclic) bond motifs is 1. The van der Waals surface area contributed by atoms with Crippen LogP contribution in [-0.4, -0.2) is 30.6 Å². The van der Waals surface area contributed by atoms with Crippen LogP contribution in [0.1, 0.15) is 22.8 Å². The lowest BCUT2D eigenvalue weighted by Crippen LogP contribution is -2.32. The van der Waals surface area contributed by atoms with E-state index in [1.54, 1.807) is 42.5 Å². The van der Waals surface area contributed by atoms with E-state index in [0.717, 1.165) is 10.8 Å². The molecular formula is C28H21Cl2N3O5. The summed E-state index contributed by atoms with van der Waals surface area (Å²) in [6.45, 7) is 2.38. The van der Waals surface area contributed by atoms with Gasteiger partial charge in [-0.25, -0.2) is 10.2 Å². The van der Waals surface area contributed by atoms with Gasteiger partial charge in [-0.15, -0.1) is 0 Å². The van der Waals surface area contributed by atoms with Crippen LogP contribution >= 0.6 is 23.2 Å². The monoisotopic (exact) mass is 549 g/mol. The van der Waals surface area contributed by atoms with Crippen LogP contribution in [0.2, 0.25) is 10.0 Å². The number of ether oxygens (including phenoxy) is 2. The first-order chi connectivity index (χ1) is 18.4. The number of esters is 1. The summed E-state index contributed by atoms with van der Waals surface area (Å²) in [5.41, 5.74) is 3.11. The Morgan fingerprint density at radius 3 is 2.45 bits per heavy atom. The molecule has 0 bridgehead atoms. The number of benzene rings is 4. The molecule has 0 saturated carbocycles. The van der Waals surface area contributed by atoms with Crippen molar-refractivity contribution in [1.82, 2.24) is 5.43 Å². The van der Waals surface area contributed by atoms with Gasteiger partial charge in [-0.3, -0.25) is 9.59 Å². The van der Waals surface area contributed by atoms with E-state index < -0.39 is 17.8 Å². The fourth-order valence-corrected chi connectivity index (χ4v) is 3.83. The fourth-order valence-electron chi connectivity index (χ4n) is 3.49. The number of carbonyl (C=O) groups is 3. The third-order valence-electron chi connectivity index (χ3n) is 5.28. The summed E-state index contributed by atoms with van der Waals surface area (Å²) >= 11 is 11.9. The zero-order valence-electron chi connectivity index (χ0n) is 20.0. The van der Waals surface area contributed by atoms with Crippen molar-refractivity contribution >= 4 is 63.7 Å². The molecule has 0 radical (unpaired) electrons. The smallest absolute Gasteiger partial charge is 0.343 e. The number of hydrogen-bond donors (Lipinski definition) is 2. The van der Waals surface area contributed by atoms with Crippen LogP contribution in [0.15, 0.2) is 84.0 Å². The standard InChI is InChI=1S/C28H21Cl2N3O5/c1-2-37-20-11-7-18(8-12-20)28(36)38-25-14-9-17-5-3-4-6-21(17)22(25)16-31-33-27(35)26(34)32-24-15-19(29)10-13-23(24)30/h3-16H,2H2,1H3,(H,32,34)(H,33,35). The summed E-state index contributed by atoms with van der Waals surface area (Å²) in [6.07, 6.45) is 1.31. The maximum absolute atomic E-state index is 12.8. The number of hydrazone groups is 1. The van der Waals surface area contributed by atoms with Crippen molar-refractivity contribution in [3.05, 3.63) is 100 Å². The first-order valence-electron chi connectivity index (χ1n) is 11.4. The summed E-state index contributed by atoms with van der Waals surface area (Å²) in [5, 5.41) is 8.42. The minimum absolute atomic E-state index is 0.181. The van der Waals surface area contributed by atoms with Crippen molar-refractivity contribution in [2.24, 2.45) is 5.10 Å². The second kappa shape index (κ2) is 12.2. The number of halogens is 2. The van der Waals surface area contributed by atoms with Gasteiger partial charge in [0.2, 0.25) is 0 Å². The molecule has 38 heavy (non-hydrogen) atoms. The van der Waals surface area contributed by atoms with Gasteiger partial charge in [-0.2, -0.15) is 5.10 Å². The van der Waals surface area contributed by atoms with Gasteiger partial charge in [0.25, 0.3) is 0 Å². The van der Waals surface area contributed by atoms with Crippen LogP contribution in [0.3, 0.4) is 0 Å². The fraction of sp³-hybridized carbons (Fsp3) is 0.0714. The minimum Gasteiger partial charge on any atom is -0.494 e. The van der Waals surface area contributed by atoms with E-state index in [1.165, 1.54) is 18.3 Å². The summed E-state index contributed by atoms with van der Waals surface area (Å²) in [6, 6.07) is 21.8. The minimum atomic E-state index is -1.04. The van der Waals surface area contributed by atoms with Crippen LogP contribution < -0.4 is 20.2 Å². The Labute approximate surface area is 228 Å². The molecule has 0 unspecified atom stereocenters.